The molecule has 0 nitrogen and oxygen atoms in total. The first-order valence-electron chi connectivity index (χ1n) is 7.54. The van der Waals surface area contributed by atoms with E-state index in [4.69, 9.17) is 0 Å². The summed E-state index contributed by atoms with van der Waals surface area (Å²) < 4.78 is 13.3. The summed E-state index contributed by atoms with van der Waals surface area (Å²) in [5, 5.41) is 2.82. The van der Waals surface area contributed by atoms with E-state index in [1.807, 2.05) is 6.07 Å². The second-order valence-corrected chi connectivity index (χ2v) is 7.95. The second kappa shape index (κ2) is 7.19. The highest BCUT2D eigenvalue weighted by atomic mass is 28.3. The molecule has 22 heavy (non-hydrogen) atoms. The molecule has 0 bridgehead atoms. The van der Waals surface area contributed by atoms with Crippen molar-refractivity contribution in [2.24, 2.45) is 0 Å². The van der Waals surface area contributed by atoms with Gasteiger partial charge in [0.05, 0.1) is 0 Å². The van der Waals surface area contributed by atoms with Gasteiger partial charge in [-0.25, -0.2) is 4.39 Å². The van der Waals surface area contributed by atoms with Gasteiger partial charge in [-0.05, 0) is 30.2 Å². The zero-order chi connectivity index (χ0) is 15.2. The molecule has 2 heteroatoms. The fourth-order valence-corrected chi connectivity index (χ4v) is 5.33. The van der Waals surface area contributed by atoms with Crippen LogP contribution in [0.2, 0.25) is 6.04 Å². The minimum Gasteiger partial charge on any atom is -0.207 e. The molecule has 3 aromatic rings. The molecular weight excluding hydrogens is 287 g/mol. The third-order valence-electron chi connectivity index (χ3n) is 3.80. The molecule has 0 amide bonds. The van der Waals surface area contributed by atoms with Gasteiger partial charge in [0.1, 0.15) is 14.6 Å². The van der Waals surface area contributed by atoms with Crippen molar-refractivity contribution in [3.05, 3.63) is 96.3 Å². The van der Waals surface area contributed by atoms with Crippen LogP contribution in [0.25, 0.3) is 0 Å². The minimum absolute atomic E-state index is 0.148. The Morgan fingerprint density at radius 3 is 1.82 bits per heavy atom. The van der Waals surface area contributed by atoms with Gasteiger partial charge in [0.15, 0.2) is 0 Å². The van der Waals surface area contributed by atoms with Crippen LogP contribution in [0.4, 0.5) is 4.39 Å². The Bertz CT molecular complexity index is 671. The smallest absolute Gasteiger partial charge is 0.123 e. The van der Waals surface area contributed by atoms with Crippen LogP contribution in [0.5, 0.6) is 0 Å². The molecule has 3 rings (SSSR count). The lowest BCUT2D eigenvalue weighted by molar-refractivity contribution is 0.625. The first-order chi connectivity index (χ1) is 10.8. The summed E-state index contributed by atoms with van der Waals surface area (Å²) >= 11 is 0. The lowest BCUT2D eigenvalue weighted by Gasteiger charge is -2.16. The predicted molar refractivity (Wildman–Crippen MR) is 92.8 cm³/mol. The molecule has 3 aromatic carbocycles. The Kier molecular flexibility index (Phi) is 4.81. The van der Waals surface area contributed by atoms with E-state index < -0.39 is 8.80 Å². The quantitative estimate of drug-likeness (QED) is 0.631. The average molecular weight is 305 g/mol. The van der Waals surface area contributed by atoms with Gasteiger partial charge in [-0.2, -0.15) is 0 Å². The number of benzene rings is 3. The third-order valence-corrected chi connectivity index (χ3v) is 6.61. The molecule has 0 aliphatic heterocycles. The lowest BCUT2D eigenvalue weighted by Crippen LogP contribution is -2.42. The molecule has 1 radical (unpaired) electrons. The number of hydrogen-bond donors (Lipinski definition) is 0. The molecule has 0 heterocycles. The molecule has 0 aromatic heterocycles. The van der Waals surface area contributed by atoms with Crippen LogP contribution in [0.3, 0.4) is 0 Å². The molecule has 0 fully saturated rings. The fraction of sp³-hybridized carbons (Fsp3) is 0.100. The van der Waals surface area contributed by atoms with Gasteiger partial charge >= 0.3 is 0 Å². The Morgan fingerprint density at radius 2 is 1.27 bits per heavy atom. The van der Waals surface area contributed by atoms with Gasteiger partial charge in [-0.3, -0.25) is 0 Å². The van der Waals surface area contributed by atoms with Gasteiger partial charge in [0.2, 0.25) is 0 Å². The summed E-state index contributed by atoms with van der Waals surface area (Å²) in [5.41, 5.74) is 1.08. The van der Waals surface area contributed by atoms with Gasteiger partial charge in [-0.1, -0.05) is 83.2 Å². The number of aryl methyl sites for hydroxylation is 1. The molecule has 0 unspecified atom stereocenters. The van der Waals surface area contributed by atoms with E-state index in [-0.39, 0.29) is 5.82 Å². The summed E-state index contributed by atoms with van der Waals surface area (Å²) in [7, 11) is -0.832. The maximum atomic E-state index is 13.3. The molecular formula is C20H18FSi. The van der Waals surface area contributed by atoms with E-state index in [1.165, 1.54) is 16.4 Å². The van der Waals surface area contributed by atoms with Crippen LogP contribution in [-0.2, 0) is 6.42 Å². The normalized spacial score (nSPS) is 10.8. The monoisotopic (exact) mass is 305 g/mol. The van der Waals surface area contributed by atoms with Crippen molar-refractivity contribution in [1.29, 1.82) is 0 Å². The van der Waals surface area contributed by atoms with Crippen LogP contribution in [-0.4, -0.2) is 8.80 Å². The zero-order valence-corrected chi connectivity index (χ0v) is 13.4. The van der Waals surface area contributed by atoms with Crippen LogP contribution in [0.15, 0.2) is 84.9 Å². The molecule has 0 N–H and O–H groups in total. The van der Waals surface area contributed by atoms with Crippen LogP contribution in [0, 0.1) is 5.82 Å². The van der Waals surface area contributed by atoms with Crippen molar-refractivity contribution >= 4 is 19.2 Å². The van der Waals surface area contributed by atoms with Crippen molar-refractivity contribution in [2.45, 2.75) is 12.5 Å². The minimum atomic E-state index is -0.832. The first kappa shape index (κ1) is 14.7. The van der Waals surface area contributed by atoms with Gasteiger partial charge in [0, 0.05) is 0 Å². The predicted octanol–water partition coefficient (Wildman–Crippen LogP) is 3.68. The van der Waals surface area contributed by atoms with Crippen molar-refractivity contribution in [3.63, 3.8) is 0 Å². The van der Waals surface area contributed by atoms with E-state index in [2.05, 4.69) is 60.7 Å². The van der Waals surface area contributed by atoms with Gasteiger partial charge in [0.25, 0.3) is 0 Å². The Hall–Kier alpha value is -2.19. The van der Waals surface area contributed by atoms with E-state index in [9.17, 15) is 4.39 Å². The van der Waals surface area contributed by atoms with Crippen LogP contribution in [0.1, 0.15) is 5.56 Å². The Labute approximate surface area is 132 Å². The maximum absolute atomic E-state index is 13.3. The highest BCUT2D eigenvalue weighted by molar-refractivity contribution is 6.85. The highest BCUT2D eigenvalue weighted by Gasteiger charge is 2.16. The molecule has 0 atom stereocenters. The van der Waals surface area contributed by atoms with Crippen LogP contribution >= 0.6 is 0 Å². The van der Waals surface area contributed by atoms with Crippen LogP contribution < -0.4 is 10.4 Å². The molecule has 0 aliphatic carbocycles. The summed E-state index contributed by atoms with van der Waals surface area (Å²) in [6.45, 7) is 0. The van der Waals surface area contributed by atoms with Crippen molar-refractivity contribution in [3.8, 4) is 0 Å². The number of halogens is 1. The molecule has 109 valence electrons. The largest absolute Gasteiger partial charge is 0.207 e. The Morgan fingerprint density at radius 1 is 0.682 bits per heavy atom. The molecule has 0 spiro atoms. The van der Waals surface area contributed by atoms with E-state index in [0.29, 0.717) is 0 Å². The summed E-state index contributed by atoms with van der Waals surface area (Å²) in [5.74, 6) is -0.148. The average Bonchev–Trinajstić information content (AvgIpc) is 2.57. The van der Waals surface area contributed by atoms with Gasteiger partial charge in [-0.15, -0.1) is 0 Å². The van der Waals surface area contributed by atoms with E-state index >= 15 is 0 Å². The third kappa shape index (κ3) is 3.71. The van der Waals surface area contributed by atoms with Crippen molar-refractivity contribution in [1.82, 2.24) is 0 Å². The molecule has 0 saturated heterocycles. The Balaban J connectivity index is 1.83. The topological polar surface area (TPSA) is 0 Å². The molecule has 0 saturated carbocycles. The second-order valence-electron chi connectivity index (χ2n) is 5.34. The summed E-state index contributed by atoms with van der Waals surface area (Å²) in [6.07, 6.45) is 0.913. The van der Waals surface area contributed by atoms with E-state index in [0.717, 1.165) is 18.0 Å². The first-order valence-corrected chi connectivity index (χ1v) is 9.25. The van der Waals surface area contributed by atoms with Gasteiger partial charge < -0.3 is 0 Å². The number of hydrogen-bond acceptors (Lipinski definition) is 0. The number of rotatable bonds is 5. The standard InChI is InChI=1S/C20H18FSi/c21-18-9-7-8-17(16-18)14-15-22(19-10-3-1-4-11-19)20-12-5-2-6-13-20/h1-13,16H,14-15H2. The fourth-order valence-electron chi connectivity index (χ4n) is 2.70. The molecule has 0 aliphatic rings. The maximum Gasteiger partial charge on any atom is 0.123 e. The van der Waals surface area contributed by atoms with Crippen molar-refractivity contribution in [2.75, 3.05) is 0 Å². The van der Waals surface area contributed by atoms with Crippen molar-refractivity contribution < 1.29 is 4.39 Å². The van der Waals surface area contributed by atoms with E-state index in [1.54, 1.807) is 12.1 Å². The summed E-state index contributed by atoms with van der Waals surface area (Å²) in [4.78, 5) is 0. The highest BCUT2D eigenvalue weighted by Crippen LogP contribution is 2.09. The lowest BCUT2D eigenvalue weighted by atomic mass is 10.2. The SMILES string of the molecule is Fc1cccc(CC[Si](c2ccccc2)c2ccccc2)c1. The summed E-state index contributed by atoms with van der Waals surface area (Å²) in [6, 6.07) is 29.4. The zero-order valence-electron chi connectivity index (χ0n) is 12.4.